The summed E-state index contributed by atoms with van der Waals surface area (Å²) < 4.78 is 7.94. The van der Waals surface area contributed by atoms with Gasteiger partial charge in [0.05, 0.1) is 23.7 Å². The highest BCUT2D eigenvalue weighted by Crippen LogP contribution is 2.18. The Labute approximate surface area is 178 Å². The van der Waals surface area contributed by atoms with Gasteiger partial charge in [0.15, 0.2) is 5.69 Å². The van der Waals surface area contributed by atoms with Gasteiger partial charge in [-0.25, -0.2) is 9.31 Å². The number of para-hydroxylation sites is 2. The molecular weight excluding hydrogens is 396 g/mol. The minimum absolute atomic E-state index is 0.105. The number of fused-ring (bicyclic) bond motifs is 3. The van der Waals surface area contributed by atoms with Gasteiger partial charge < -0.3 is 14.6 Å². The first kappa shape index (κ1) is 20.3. The quantitative estimate of drug-likeness (QED) is 0.502. The third-order valence-electron chi connectivity index (χ3n) is 4.90. The lowest BCUT2D eigenvalue weighted by atomic mass is 10.2. The number of methoxy groups -OCH3 is 1. The van der Waals surface area contributed by atoms with E-state index in [1.165, 1.54) is 23.8 Å². The molecule has 0 unspecified atom stereocenters. The molecule has 0 spiro atoms. The lowest BCUT2D eigenvalue weighted by molar-refractivity contribution is 0.0600. The van der Waals surface area contributed by atoms with Gasteiger partial charge in [-0.05, 0) is 36.2 Å². The number of carbonyl (C=O) groups excluding carboxylic acids is 2. The van der Waals surface area contributed by atoms with Crippen LogP contribution in [0.5, 0.6) is 0 Å². The molecule has 2 aromatic heterocycles. The van der Waals surface area contributed by atoms with Gasteiger partial charge in [0.1, 0.15) is 5.52 Å². The van der Waals surface area contributed by atoms with Crippen LogP contribution in [0.2, 0.25) is 0 Å². The first-order chi connectivity index (χ1) is 14.9. The summed E-state index contributed by atoms with van der Waals surface area (Å²) in [7, 11) is 1.29. The molecule has 0 aliphatic heterocycles. The van der Waals surface area contributed by atoms with E-state index < -0.39 is 11.9 Å². The van der Waals surface area contributed by atoms with Crippen LogP contribution in [0.1, 0.15) is 34.7 Å². The molecule has 0 atom stereocenters. The molecule has 1 amide bonds. The molecular formula is C23H22N4O4. The first-order valence-electron chi connectivity index (χ1n) is 9.90. The van der Waals surface area contributed by atoms with Crippen LogP contribution in [0, 0.1) is 5.92 Å². The highest BCUT2D eigenvalue weighted by Gasteiger charge is 2.18. The predicted molar refractivity (Wildman–Crippen MR) is 118 cm³/mol. The van der Waals surface area contributed by atoms with E-state index in [1.54, 1.807) is 22.8 Å². The Morgan fingerprint density at radius 2 is 1.77 bits per heavy atom. The number of hydrogen-bond acceptors (Lipinski definition) is 5. The number of ether oxygens (including phenoxy) is 1. The second kappa shape index (κ2) is 8.06. The molecule has 0 aliphatic rings. The Morgan fingerprint density at radius 3 is 2.48 bits per heavy atom. The summed E-state index contributed by atoms with van der Waals surface area (Å²) in [5, 5.41) is 7.11. The van der Waals surface area contributed by atoms with Crippen LogP contribution in [-0.2, 0) is 11.3 Å². The van der Waals surface area contributed by atoms with E-state index in [-0.39, 0.29) is 17.2 Å². The normalized spacial score (nSPS) is 11.2. The molecule has 2 aromatic carbocycles. The second-order valence-electron chi connectivity index (χ2n) is 7.65. The Bertz CT molecular complexity index is 1370. The van der Waals surface area contributed by atoms with Crippen molar-refractivity contribution in [2.75, 3.05) is 12.4 Å². The molecule has 4 rings (SSSR count). The maximum absolute atomic E-state index is 13.1. The Hall–Kier alpha value is -3.94. The number of carbonyl (C=O) groups is 2. The van der Waals surface area contributed by atoms with Crippen LogP contribution in [0.3, 0.4) is 0 Å². The predicted octanol–water partition coefficient (Wildman–Crippen LogP) is 3.34. The van der Waals surface area contributed by atoms with Crippen molar-refractivity contribution in [2.45, 2.75) is 20.4 Å². The van der Waals surface area contributed by atoms with Gasteiger partial charge in [0.2, 0.25) is 0 Å². The molecule has 0 saturated carbocycles. The molecule has 0 saturated heterocycles. The molecule has 0 aliphatic carbocycles. The average Bonchev–Trinajstić information content (AvgIpc) is 3.22. The van der Waals surface area contributed by atoms with Gasteiger partial charge in [0.25, 0.3) is 11.5 Å². The fourth-order valence-electron chi connectivity index (χ4n) is 3.53. The highest BCUT2D eigenvalue weighted by atomic mass is 16.5. The van der Waals surface area contributed by atoms with Crippen LogP contribution in [0.25, 0.3) is 16.6 Å². The van der Waals surface area contributed by atoms with E-state index in [1.807, 2.05) is 38.1 Å². The first-order valence-corrected chi connectivity index (χ1v) is 9.90. The fraction of sp³-hybridized carbons (Fsp3) is 0.217. The number of benzene rings is 2. The Morgan fingerprint density at radius 1 is 1.03 bits per heavy atom. The zero-order valence-corrected chi connectivity index (χ0v) is 17.5. The largest absolute Gasteiger partial charge is 0.465 e. The van der Waals surface area contributed by atoms with Gasteiger partial charge in [-0.1, -0.05) is 32.0 Å². The summed E-state index contributed by atoms with van der Waals surface area (Å²) in [5.74, 6) is -0.707. The van der Waals surface area contributed by atoms with Crippen LogP contribution < -0.4 is 10.9 Å². The molecule has 8 nitrogen and oxygen atoms in total. The van der Waals surface area contributed by atoms with E-state index in [9.17, 15) is 14.4 Å². The van der Waals surface area contributed by atoms with Crippen LogP contribution in [0.4, 0.5) is 5.69 Å². The SMILES string of the molecule is COC(=O)c1cccc(NC(=O)c2cc3c(=O)n(CC(C)C)c4ccccc4n3n2)c1. The minimum Gasteiger partial charge on any atom is -0.465 e. The Kier molecular flexibility index (Phi) is 5.29. The smallest absolute Gasteiger partial charge is 0.337 e. The maximum Gasteiger partial charge on any atom is 0.337 e. The van der Waals surface area contributed by atoms with Crippen molar-refractivity contribution < 1.29 is 14.3 Å². The van der Waals surface area contributed by atoms with Crippen molar-refractivity contribution in [1.82, 2.24) is 14.2 Å². The van der Waals surface area contributed by atoms with E-state index in [2.05, 4.69) is 10.4 Å². The fourth-order valence-corrected chi connectivity index (χ4v) is 3.53. The molecule has 0 radical (unpaired) electrons. The molecule has 31 heavy (non-hydrogen) atoms. The lowest BCUT2D eigenvalue weighted by Crippen LogP contribution is -2.25. The summed E-state index contributed by atoms with van der Waals surface area (Å²) in [6, 6.07) is 15.4. The third-order valence-corrected chi connectivity index (χ3v) is 4.90. The van der Waals surface area contributed by atoms with Crippen molar-refractivity contribution in [3.8, 4) is 0 Å². The number of anilines is 1. The number of esters is 1. The number of amides is 1. The maximum atomic E-state index is 13.1. The zero-order valence-electron chi connectivity index (χ0n) is 17.5. The monoisotopic (exact) mass is 418 g/mol. The summed E-state index contributed by atoms with van der Waals surface area (Å²) in [6.45, 7) is 4.65. The van der Waals surface area contributed by atoms with E-state index >= 15 is 0 Å². The standard InChI is InChI=1S/C23H22N4O4/c1-14(2)13-26-18-9-4-5-10-19(18)27-20(22(26)29)12-17(25-27)21(28)24-16-8-6-7-15(11-16)23(30)31-3/h4-12,14H,13H2,1-3H3,(H,24,28). The van der Waals surface area contributed by atoms with Gasteiger partial charge >= 0.3 is 5.97 Å². The van der Waals surface area contributed by atoms with E-state index in [0.29, 0.717) is 23.3 Å². The third kappa shape index (κ3) is 3.79. The van der Waals surface area contributed by atoms with Crippen LogP contribution in [-0.4, -0.2) is 33.2 Å². The zero-order chi connectivity index (χ0) is 22.1. The summed E-state index contributed by atoms with van der Waals surface area (Å²) in [5.41, 5.74) is 2.47. The van der Waals surface area contributed by atoms with Crippen molar-refractivity contribution >= 4 is 34.1 Å². The number of nitrogens with one attached hydrogen (secondary N) is 1. The summed E-state index contributed by atoms with van der Waals surface area (Å²) in [6.07, 6.45) is 0. The van der Waals surface area contributed by atoms with Crippen LogP contribution >= 0.6 is 0 Å². The van der Waals surface area contributed by atoms with E-state index in [0.717, 1.165) is 11.0 Å². The lowest BCUT2D eigenvalue weighted by Gasteiger charge is -2.13. The van der Waals surface area contributed by atoms with Crippen molar-refractivity contribution in [3.63, 3.8) is 0 Å². The van der Waals surface area contributed by atoms with E-state index in [4.69, 9.17) is 4.74 Å². The molecule has 8 heteroatoms. The average molecular weight is 418 g/mol. The number of rotatable bonds is 5. The highest BCUT2D eigenvalue weighted by molar-refractivity contribution is 6.04. The molecule has 4 aromatic rings. The molecule has 0 bridgehead atoms. The summed E-state index contributed by atoms with van der Waals surface area (Å²) >= 11 is 0. The van der Waals surface area contributed by atoms with Gasteiger partial charge in [-0.2, -0.15) is 5.10 Å². The molecule has 158 valence electrons. The van der Waals surface area contributed by atoms with Gasteiger partial charge in [-0.3, -0.25) is 9.59 Å². The van der Waals surface area contributed by atoms with Gasteiger partial charge in [-0.15, -0.1) is 0 Å². The van der Waals surface area contributed by atoms with Crippen molar-refractivity contribution in [1.29, 1.82) is 0 Å². The number of aromatic nitrogens is 3. The number of hydrogen-bond donors (Lipinski definition) is 1. The van der Waals surface area contributed by atoms with Crippen LogP contribution in [0.15, 0.2) is 59.4 Å². The summed E-state index contributed by atoms with van der Waals surface area (Å²) in [4.78, 5) is 37.7. The molecule has 2 heterocycles. The Balaban J connectivity index is 1.77. The number of nitrogens with zero attached hydrogens (tertiary/aromatic N) is 3. The second-order valence-corrected chi connectivity index (χ2v) is 7.65. The minimum atomic E-state index is -0.499. The molecule has 0 fully saturated rings. The van der Waals surface area contributed by atoms with Gasteiger partial charge in [0, 0.05) is 18.3 Å². The molecule has 1 N–H and O–H groups in total. The topological polar surface area (TPSA) is 94.7 Å². The van der Waals surface area contributed by atoms with Crippen molar-refractivity contribution in [3.05, 3.63) is 76.2 Å². The van der Waals surface area contributed by atoms with Crippen molar-refractivity contribution in [2.24, 2.45) is 5.92 Å².